The van der Waals surface area contributed by atoms with Gasteiger partial charge in [0.1, 0.15) is 6.10 Å². The molecule has 0 spiro atoms. The van der Waals surface area contributed by atoms with Gasteiger partial charge in [0.25, 0.3) is 0 Å². The molecule has 0 unspecified atom stereocenters. The molecule has 8 nitrogen and oxygen atoms in total. The summed E-state index contributed by atoms with van der Waals surface area (Å²) in [6, 6.07) is 0. The number of hydrogen-bond donors (Lipinski definition) is 4. The number of allylic oxidation sites excluding steroid dienone is 2. The number of fused-ring (bicyclic) bond motifs is 1. The van der Waals surface area contributed by atoms with E-state index in [4.69, 9.17) is 10.6 Å². The average molecular weight is 440 g/mol. The minimum Gasteiger partial charge on any atom is -0.461 e. The fourth-order valence-electron chi connectivity index (χ4n) is 4.56. The van der Waals surface area contributed by atoms with Crippen molar-refractivity contribution in [3.05, 3.63) is 23.8 Å². The Labute approximate surface area is 184 Å². The molecule has 0 aromatic carbocycles. The summed E-state index contributed by atoms with van der Waals surface area (Å²) in [7, 11) is 0. The van der Waals surface area contributed by atoms with Crippen LogP contribution in [0.1, 0.15) is 59.3 Å². The molecule has 0 radical (unpaired) electrons. The van der Waals surface area contributed by atoms with E-state index in [0.717, 1.165) is 5.57 Å². The van der Waals surface area contributed by atoms with Crippen LogP contribution in [0.3, 0.4) is 0 Å². The summed E-state index contributed by atoms with van der Waals surface area (Å²) in [6.07, 6.45) is 4.90. The van der Waals surface area contributed by atoms with Gasteiger partial charge in [0, 0.05) is 12.3 Å². The third-order valence-corrected chi connectivity index (χ3v) is 6.57. The largest absolute Gasteiger partial charge is 0.461 e. The molecule has 2 rings (SSSR count). The van der Waals surface area contributed by atoms with E-state index in [2.05, 4.69) is 17.8 Å². The smallest absolute Gasteiger partial charge is 0.327 e. The first-order chi connectivity index (χ1) is 14.7. The molecule has 0 heterocycles. The quantitative estimate of drug-likeness (QED) is 0.298. The van der Waals surface area contributed by atoms with Gasteiger partial charge < -0.3 is 24.9 Å². The van der Waals surface area contributed by atoms with E-state index in [1.54, 1.807) is 0 Å². The van der Waals surface area contributed by atoms with Gasteiger partial charge in [0.2, 0.25) is 0 Å². The van der Waals surface area contributed by atoms with E-state index in [1.165, 1.54) is 0 Å². The minimum atomic E-state index is -1.03. The summed E-state index contributed by atoms with van der Waals surface area (Å²) in [6.45, 7) is 5.86. The van der Waals surface area contributed by atoms with Crippen LogP contribution in [-0.2, 0) is 19.2 Å². The summed E-state index contributed by atoms with van der Waals surface area (Å²) in [5.41, 5.74) is 0.962. The Kier molecular flexibility index (Phi) is 9.68. The van der Waals surface area contributed by atoms with E-state index < -0.39 is 30.4 Å². The maximum absolute atomic E-state index is 12.5. The Morgan fingerprint density at radius 2 is 2.00 bits per heavy atom. The number of aliphatic hydroxyl groups excluding tert-OH is 3. The number of aliphatic hydroxyl groups is 3. The highest BCUT2D eigenvalue weighted by atomic mass is 16.7. The van der Waals surface area contributed by atoms with E-state index in [0.29, 0.717) is 25.7 Å². The highest BCUT2D eigenvalue weighted by Gasteiger charge is 2.42. The van der Waals surface area contributed by atoms with Crippen molar-refractivity contribution < 1.29 is 34.5 Å². The highest BCUT2D eigenvalue weighted by Crippen LogP contribution is 2.44. The zero-order chi connectivity index (χ0) is 23.1. The Hall–Kier alpha value is -1.74. The van der Waals surface area contributed by atoms with Crippen LogP contribution < -0.4 is 5.90 Å². The molecule has 2 aliphatic rings. The molecule has 176 valence electrons. The normalized spacial score (nSPS) is 30.5. The number of nitrogens with two attached hydrogens (primary N) is 1. The van der Waals surface area contributed by atoms with Crippen LogP contribution in [0.5, 0.6) is 0 Å². The van der Waals surface area contributed by atoms with Gasteiger partial charge in [0.15, 0.2) is 0 Å². The van der Waals surface area contributed by atoms with Gasteiger partial charge in [-0.2, -0.15) is 5.90 Å². The molecule has 0 bridgehead atoms. The van der Waals surface area contributed by atoms with Crippen LogP contribution in [0, 0.1) is 23.7 Å². The zero-order valence-corrected chi connectivity index (χ0v) is 18.6. The van der Waals surface area contributed by atoms with Crippen molar-refractivity contribution in [3.63, 3.8) is 0 Å². The van der Waals surface area contributed by atoms with Gasteiger partial charge in [-0.3, -0.25) is 9.59 Å². The second kappa shape index (κ2) is 11.8. The molecule has 2 aliphatic carbocycles. The lowest BCUT2D eigenvalue weighted by Gasteiger charge is -2.43. The molecule has 0 saturated carbocycles. The van der Waals surface area contributed by atoms with Crippen LogP contribution in [0.2, 0.25) is 0 Å². The average Bonchev–Trinajstić information content (AvgIpc) is 2.72. The molecular formula is C23H37NO7. The monoisotopic (exact) mass is 439 g/mol. The molecule has 0 amide bonds. The van der Waals surface area contributed by atoms with Crippen molar-refractivity contribution in [3.8, 4) is 0 Å². The fraction of sp³-hybridized carbons (Fsp3) is 0.739. The van der Waals surface area contributed by atoms with Crippen molar-refractivity contribution in [2.45, 2.75) is 83.7 Å². The summed E-state index contributed by atoms with van der Waals surface area (Å²) in [5, 5.41) is 30.6. The van der Waals surface area contributed by atoms with Crippen LogP contribution >= 0.6 is 0 Å². The summed E-state index contributed by atoms with van der Waals surface area (Å²) in [4.78, 5) is 27.7. The van der Waals surface area contributed by atoms with Gasteiger partial charge >= 0.3 is 11.9 Å². The van der Waals surface area contributed by atoms with E-state index >= 15 is 0 Å². The van der Waals surface area contributed by atoms with Crippen molar-refractivity contribution in [2.24, 2.45) is 29.6 Å². The summed E-state index contributed by atoms with van der Waals surface area (Å²) < 4.78 is 5.85. The lowest BCUT2D eigenvalue weighted by Crippen LogP contribution is -2.43. The molecule has 0 aromatic rings. The molecule has 0 fully saturated rings. The Bertz CT molecular complexity index is 677. The summed E-state index contributed by atoms with van der Waals surface area (Å²) in [5.74, 6) is 3.85. The Morgan fingerprint density at radius 1 is 1.29 bits per heavy atom. The second-order valence-electron chi connectivity index (χ2n) is 8.98. The number of esters is 1. The van der Waals surface area contributed by atoms with Crippen LogP contribution in [0.4, 0.5) is 0 Å². The van der Waals surface area contributed by atoms with Crippen molar-refractivity contribution in [1.29, 1.82) is 0 Å². The first-order valence-corrected chi connectivity index (χ1v) is 11.2. The van der Waals surface area contributed by atoms with Crippen molar-refractivity contribution in [1.82, 2.24) is 0 Å². The van der Waals surface area contributed by atoms with Gasteiger partial charge in [-0.15, -0.1) is 0 Å². The molecule has 31 heavy (non-hydrogen) atoms. The highest BCUT2D eigenvalue weighted by molar-refractivity contribution is 5.72. The van der Waals surface area contributed by atoms with E-state index in [-0.39, 0.29) is 42.5 Å². The summed E-state index contributed by atoms with van der Waals surface area (Å²) >= 11 is 0. The van der Waals surface area contributed by atoms with Gasteiger partial charge in [-0.05, 0) is 43.1 Å². The van der Waals surface area contributed by atoms with Gasteiger partial charge in [-0.25, -0.2) is 0 Å². The lowest BCUT2D eigenvalue weighted by atomic mass is 9.66. The van der Waals surface area contributed by atoms with Gasteiger partial charge in [0.05, 0.1) is 30.7 Å². The number of carbonyl (C=O) groups is 2. The maximum Gasteiger partial charge on any atom is 0.327 e. The third-order valence-electron chi connectivity index (χ3n) is 6.57. The van der Waals surface area contributed by atoms with Crippen LogP contribution in [0.15, 0.2) is 23.8 Å². The topological polar surface area (TPSA) is 139 Å². The predicted octanol–water partition coefficient (Wildman–Crippen LogP) is 1.77. The molecule has 8 atom stereocenters. The van der Waals surface area contributed by atoms with Crippen LogP contribution in [-0.4, -0.2) is 51.7 Å². The van der Waals surface area contributed by atoms with E-state index in [1.807, 2.05) is 26.0 Å². The van der Waals surface area contributed by atoms with Crippen LogP contribution in [0.25, 0.3) is 0 Å². The van der Waals surface area contributed by atoms with Gasteiger partial charge in [-0.1, -0.05) is 39.0 Å². The minimum absolute atomic E-state index is 0.0462. The number of ether oxygens (including phenoxy) is 1. The molecule has 8 heteroatoms. The molecule has 5 N–H and O–H groups in total. The number of rotatable bonds is 10. The standard InChI is InChI=1S/C23H37NO7/c1-4-13(2)23(29)30-20-11-17(26)9-15-6-5-14(3)19(22(15)20)8-7-16(25)10-18(27)12-21(28)31-24/h5-6,9,13-14,16-20,22,25-27H,4,7-8,10-12,24H2,1-3H3/t13-,14-,16+,17+,18+,19-,20-,22-/m0/s1. The van der Waals surface area contributed by atoms with E-state index in [9.17, 15) is 24.9 Å². The predicted molar refractivity (Wildman–Crippen MR) is 114 cm³/mol. The lowest BCUT2D eigenvalue weighted by molar-refractivity contribution is -0.159. The fourth-order valence-corrected chi connectivity index (χ4v) is 4.56. The van der Waals surface area contributed by atoms with Crippen molar-refractivity contribution >= 4 is 11.9 Å². The SMILES string of the molecule is CC[C@H](C)C(=O)O[C@H]1C[C@H](O)C=C2C=C[C@H](C)[C@H](CC[C@@H](O)C[C@@H](O)CC(=O)ON)[C@H]21. The molecular weight excluding hydrogens is 402 g/mol. The second-order valence-corrected chi connectivity index (χ2v) is 8.98. The molecule has 0 saturated heterocycles. The first kappa shape index (κ1) is 25.5. The first-order valence-electron chi connectivity index (χ1n) is 11.2. The Morgan fingerprint density at radius 3 is 2.65 bits per heavy atom. The third kappa shape index (κ3) is 7.14. The molecule has 0 aliphatic heterocycles. The zero-order valence-electron chi connectivity index (χ0n) is 18.6. The Balaban J connectivity index is 2.06. The molecule has 0 aromatic heterocycles. The van der Waals surface area contributed by atoms with Crippen molar-refractivity contribution in [2.75, 3.05) is 0 Å². The number of carbonyl (C=O) groups excluding carboxylic acids is 2. The number of hydrogen-bond acceptors (Lipinski definition) is 8. The maximum atomic E-state index is 12.5.